The van der Waals surface area contributed by atoms with Crippen molar-refractivity contribution < 1.29 is 9.47 Å². The monoisotopic (exact) mass is 454 g/mol. The van der Waals surface area contributed by atoms with Crippen molar-refractivity contribution in [3.63, 3.8) is 0 Å². The minimum Gasteiger partial charge on any atom is -0.497 e. The van der Waals surface area contributed by atoms with E-state index in [0.717, 1.165) is 29.0 Å². The van der Waals surface area contributed by atoms with Crippen LogP contribution in [-0.2, 0) is 6.42 Å². The van der Waals surface area contributed by atoms with Crippen molar-refractivity contribution in [1.82, 2.24) is 0 Å². The van der Waals surface area contributed by atoms with E-state index in [1.54, 1.807) is 14.2 Å². The van der Waals surface area contributed by atoms with Crippen LogP contribution in [-0.4, -0.2) is 14.2 Å². The summed E-state index contributed by atoms with van der Waals surface area (Å²) >= 11 is 0. The molecule has 2 aliphatic carbocycles. The zero-order valence-electron chi connectivity index (χ0n) is 20.2. The lowest BCUT2D eigenvalue weighted by atomic mass is 9.89. The molecule has 0 fully saturated rings. The van der Waals surface area contributed by atoms with Crippen molar-refractivity contribution in [3.05, 3.63) is 118 Å². The van der Waals surface area contributed by atoms with Crippen molar-refractivity contribution in [1.29, 1.82) is 0 Å². The van der Waals surface area contributed by atoms with Gasteiger partial charge in [-0.15, -0.1) is 0 Å². The van der Waals surface area contributed by atoms with Crippen LogP contribution in [0.2, 0.25) is 0 Å². The highest BCUT2D eigenvalue weighted by Crippen LogP contribution is 2.54. The quantitative estimate of drug-likeness (QED) is 0.262. The Labute approximate surface area is 206 Å². The highest BCUT2D eigenvalue weighted by molar-refractivity contribution is 6.12. The number of ether oxygens (including phenoxy) is 2. The molecule has 0 N–H and O–H groups in total. The Hall–Kier alpha value is -4.22. The molecule has 0 aliphatic heterocycles. The number of hydrogen-bond acceptors (Lipinski definition) is 2. The van der Waals surface area contributed by atoms with Crippen LogP contribution in [0.15, 0.2) is 84.9 Å². The van der Waals surface area contributed by atoms with Crippen molar-refractivity contribution >= 4 is 11.1 Å². The van der Waals surface area contributed by atoms with E-state index in [2.05, 4.69) is 67.3 Å². The molecule has 6 rings (SSSR count). The maximum Gasteiger partial charge on any atom is 0.126 e. The van der Waals surface area contributed by atoms with E-state index in [9.17, 15) is 0 Å². The molecule has 35 heavy (non-hydrogen) atoms. The summed E-state index contributed by atoms with van der Waals surface area (Å²) in [6.07, 6.45) is 0.936. The zero-order chi connectivity index (χ0) is 23.9. The Morgan fingerprint density at radius 1 is 0.714 bits per heavy atom. The van der Waals surface area contributed by atoms with Crippen LogP contribution in [0.1, 0.15) is 40.3 Å². The lowest BCUT2D eigenvalue weighted by Gasteiger charge is -2.16. The fourth-order valence-electron chi connectivity index (χ4n) is 5.57. The van der Waals surface area contributed by atoms with Gasteiger partial charge in [-0.05, 0) is 87.7 Å². The van der Waals surface area contributed by atoms with E-state index >= 15 is 0 Å². The maximum absolute atomic E-state index is 5.93. The van der Waals surface area contributed by atoms with Gasteiger partial charge < -0.3 is 9.47 Å². The number of hydrogen-bond donors (Lipinski definition) is 0. The molecule has 0 saturated carbocycles. The predicted octanol–water partition coefficient (Wildman–Crippen LogP) is 7.24. The first-order valence-electron chi connectivity index (χ1n) is 12.0. The zero-order valence-corrected chi connectivity index (χ0v) is 20.2. The normalized spacial score (nSPS) is 17.2. The van der Waals surface area contributed by atoms with Gasteiger partial charge in [0.1, 0.15) is 11.5 Å². The molecule has 4 aromatic carbocycles. The van der Waals surface area contributed by atoms with Crippen LogP contribution in [0.5, 0.6) is 11.5 Å². The largest absolute Gasteiger partial charge is 0.497 e. The highest BCUT2D eigenvalue weighted by Gasteiger charge is 2.35. The molecule has 0 amide bonds. The fourth-order valence-corrected chi connectivity index (χ4v) is 5.57. The molecule has 0 unspecified atom stereocenters. The van der Waals surface area contributed by atoms with Gasteiger partial charge in [0.05, 0.1) is 14.2 Å². The average Bonchev–Trinajstić information content (AvgIpc) is 3.41. The summed E-state index contributed by atoms with van der Waals surface area (Å²) in [5.41, 5.74) is 12.2. The molecule has 1 atom stereocenters. The van der Waals surface area contributed by atoms with Gasteiger partial charge in [-0.25, -0.2) is 0 Å². The molecule has 0 radical (unpaired) electrons. The van der Waals surface area contributed by atoms with Crippen molar-refractivity contribution in [2.75, 3.05) is 14.2 Å². The Morgan fingerprint density at radius 3 is 2.23 bits per heavy atom. The van der Waals surface area contributed by atoms with Crippen LogP contribution in [0.4, 0.5) is 0 Å². The lowest BCUT2D eigenvalue weighted by molar-refractivity contribution is 0.413. The van der Waals surface area contributed by atoms with Gasteiger partial charge in [-0.2, -0.15) is 0 Å². The molecular formula is C33H26O2. The summed E-state index contributed by atoms with van der Waals surface area (Å²) < 4.78 is 11.5. The van der Waals surface area contributed by atoms with Gasteiger partial charge in [0.15, 0.2) is 0 Å². The first kappa shape index (κ1) is 21.3. The minimum atomic E-state index is 0.332. The van der Waals surface area contributed by atoms with Gasteiger partial charge in [0, 0.05) is 16.7 Å². The maximum atomic E-state index is 5.93. The predicted molar refractivity (Wildman–Crippen MR) is 143 cm³/mol. The molecule has 4 aromatic rings. The molecule has 170 valence electrons. The summed E-state index contributed by atoms with van der Waals surface area (Å²) in [6.45, 7) is 2.32. The second kappa shape index (κ2) is 8.53. The van der Waals surface area contributed by atoms with Crippen LogP contribution in [0.25, 0.3) is 22.3 Å². The summed E-state index contributed by atoms with van der Waals surface area (Å²) in [7, 11) is 3.49. The van der Waals surface area contributed by atoms with Gasteiger partial charge in [0.25, 0.3) is 0 Å². The van der Waals surface area contributed by atoms with Gasteiger partial charge >= 0.3 is 0 Å². The fraction of sp³-hybridized carbons (Fsp3) is 0.152. The van der Waals surface area contributed by atoms with Crippen LogP contribution in [0.3, 0.4) is 0 Å². The number of allylic oxidation sites excluding steroid dienone is 1. The summed E-state index contributed by atoms with van der Waals surface area (Å²) in [4.78, 5) is 0. The van der Waals surface area contributed by atoms with Gasteiger partial charge in [0.2, 0.25) is 0 Å². The van der Waals surface area contributed by atoms with Crippen molar-refractivity contribution in [2.24, 2.45) is 5.92 Å². The molecule has 0 saturated heterocycles. The number of rotatable bonds is 2. The van der Waals surface area contributed by atoms with Crippen LogP contribution >= 0.6 is 0 Å². The first-order chi connectivity index (χ1) is 17.2. The summed E-state index contributed by atoms with van der Waals surface area (Å²) in [5.74, 6) is 8.91. The van der Waals surface area contributed by atoms with E-state index in [4.69, 9.17) is 9.47 Å². The number of fused-ring (bicyclic) bond motifs is 4. The smallest absolute Gasteiger partial charge is 0.126 e. The lowest BCUT2D eigenvalue weighted by Crippen LogP contribution is -1.98. The molecule has 2 nitrogen and oxygen atoms in total. The second-order valence-electron chi connectivity index (χ2n) is 9.14. The third-order valence-corrected chi connectivity index (χ3v) is 7.13. The molecule has 2 aliphatic rings. The minimum absolute atomic E-state index is 0.332. The van der Waals surface area contributed by atoms with Gasteiger partial charge in [-0.1, -0.05) is 67.3 Å². The molecule has 0 heterocycles. The first-order valence-corrected chi connectivity index (χ1v) is 12.0. The molecule has 2 heteroatoms. The Morgan fingerprint density at radius 2 is 1.46 bits per heavy atom. The standard InChI is InChI=1S/C33H26O2/c1-21-19-28-23(14-13-22-9-5-4-6-10-22)15-18-30(35-3)33(28)31(21)32-27-12-8-7-11-25(27)26-17-16-24(34-2)20-29(26)32/h4-12,15-18,20-21H,19H2,1-3H3/b32-31+/t21-/m0/s1. The van der Waals surface area contributed by atoms with E-state index in [1.807, 2.05) is 36.4 Å². The number of methoxy groups -OCH3 is 2. The Balaban J connectivity index is 1.62. The van der Waals surface area contributed by atoms with E-state index < -0.39 is 0 Å². The van der Waals surface area contributed by atoms with E-state index in [-0.39, 0.29) is 0 Å². The third kappa shape index (κ3) is 3.44. The molecular weight excluding hydrogens is 428 g/mol. The topological polar surface area (TPSA) is 18.5 Å². The van der Waals surface area contributed by atoms with Crippen LogP contribution < -0.4 is 9.47 Å². The van der Waals surface area contributed by atoms with E-state index in [0.29, 0.717) is 5.92 Å². The third-order valence-electron chi connectivity index (χ3n) is 7.13. The highest BCUT2D eigenvalue weighted by atomic mass is 16.5. The molecule has 0 spiro atoms. The molecule has 0 aromatic heterocycles. The van der Waals surface area contributed by atoms with Gasteiger partial charge in [-0.3, -0.25) is 0 Å². The van der Waals surface area contributed by atoms with Crippen molar-refractivity contribution in [2.45, 2.75) is 13.3 Å². The molecule has 0 bridgehead atoms. The number of benzene rings is 4. The Bertz CT molecular complexity index is 1550. The summed E-state index contributed by atoms with van der Waals surface area (Å²) in [6, 6.07) is 29.4. The second-order valence-corrected chi connectivity index (χ2v) is 9.14. The summed E-state index contributed by atoms with van der Waals surface area (Å²) in [5, 5.41) is 0. The Kier molecular flexibility index (Phi) is 5.20. The van der Waals surface area contributed by atoms with E-state index in [1.165, 1.54) is 44.5 Å². The SMILES string of the molecule is COc1ccc2c(c1)/C(=C1/c3c(OC)ccc(C#Cc4ccccc4)c3C[C@@H]1C)c1ccccc1-2. The average molecular weight is 455 g/mol. The van der Waals surface area contributed by atoms with Crippen molar-refractivity contribution in [3.8, 4) is 34.5 Å². The van der Waals surface area contributed by atoms with Crippen LogP contribution in [0, 0.1) is 17.8 Å².